The fourth-order valence-corrected chi connectivity index (χ4v) is 3.32. The van der Waals surface area contributed by atoms with E-state index in [-0.39, 0.29) is 23.5 Å². The highest BCUT2D eigenvalue weighted by Gasteiger charge is 2.24. The lowest BCUT2D eigenvalue weighted by atomic mass is 9.96. The molecule has 0 radical (unpaired) electrons. The third kappa shape index (κ3) is 5.63. The van der Waals surface area contributed by atoms with Crippen molar-refractivity contribution < 1.29 is 23.5 Å². The molecule has 1 heterocycles. The first kappa shape index (κ1) is 20.5. The van der Waals surface area contributed by atoms with Crippen molar-refractivity contribution in [3.8, 4) is 5.75 Å². The van der Waals surface area contributed by atoms with Crippen molar-refractivity contribution in [1.29, 1.82) is 0 Å². The predicted octanol–water partition coefficient (Wildman–Crippen LogP) is 3.03. The molecule has 1 fully saturated rings. The number of ether oxygens (including phenoxy) is 1. The molecule has 0 bridgehead atoms. The van der Waals surface area contributed by atoms with Crippen LogP contribution in [0, 0.1) is 11.7 Å². The molecular formula is C22H23FN2O4. The third-order valence-corrected chi connectivity index (χ3v) is 4.90. The quantitative estimate of drug-likeness (QED) is 0.621. The molecule has 0 aromatic heterocycles. The maximum absolute atomic E-state index is 12.9. The van der Waals surface area contributed by atoms with Gasteiger partial charge in [-0.2, -0.15) is 0 Å². The van der Waals surface area contributed by atoms with Gasteiger partial charge in [0.2, 0.25) is 0 Å². The number of esters is 1. The average Bonchev–Trinajstić information content (AvgIpc) is 2.72. The fraction of sp³-hybridized carbons (Fsp3) is 0.318. The van der Waals surface area contributed by atoms with Crippen LogP contribution in [0.5, 0.6) is 5.75 Å². The highest BCUT2D eigenvalue weighted by atomic mass is 19.1. The van der Waals surface area contributed by atoms with Crippen molar-refractivity contribution in [2.75, 3.05) is 19.6 Å². The second kappa shape index (κ2) is 9.32. The van der Waals surface area contributed by atoms with Gasteiger partial charge in [0.1, 0.15) is 11.6 Å². The van der Waals surface area contributed by atoms with E-state index in [0.29, 0.717) is 36.5 Å². The summed E-state index contributed by atoms with van der Waals surface area (Å²) in [6.45, 7) is 3.01. The number of amides is 2. The first-order chi connectivity index (χ1) is 13.9. The number of hydrogen-bond acceptors (Lipinski definition) is 4. The Labute approximate surface area is 168 Å². The van der Waals surface area contributed by atoms with Gasteiger partial charge in [-0.15, -0.1) is 0 Å². The Bertz CT molecular complexity index is 890. The van der Waals surface area contributed by atoms with Crippen LogP contribution in [0.25, 0.3) is 0 Å². The van der Waals surface area contributed by atoms with Crippen LogP contribution in [0.1, 0.15) is 40.5 Å². The third-order valence-electron chi connectivity index (χ3n) is 4.90. The number of likely N-dealkylation sites (tertiary alicyclic amines) is 1. The summed E-state index contributed by atoms with van der Waals surface area (Å²) in [5.74, 6) is -0.522. The lowest BCUT2D eigenvalue weighted by molar-refractivity contribution is -0.131. The smallest absolute Gasteiger partial charge is 0.308 e. The molecule has 2 aromatic carbocycles. The van der Waals surface area contributed by atoms with E-state index >= 15 is 0 Å². The Morgan fingerprint density at radius 2 is 1.76 bits per heavy atom. The van der Waals surface area contributed by atoms with Crippen molar-refractivity contribution in [2.24, 2.45) is 5.92 Å². The van der Waals surface area contributed by atoms with Crippen LogP contribution < -0.4 is 10.1 Å². The molecule has 0 atom stereocenters. The molecule has 2 aromatic rings. The van der Waals surface area contributed by atoms with E-state index < -0.39 is 5.97 Å². The highest BCUT2D eigenvalue weighted by Crippen LogP contribution is 2.21. The minimum atomic E-state index is -0.432. The topological polar surface area (TPSA) is 75.7 Å². The van der Waals surface area contributed by atoms with E-state index in [1.165, 1.54) is 31.2 Å². The number of carbonyl (C=O) groups is 3. The van der Waals surface area contributed by atoms with Gasteiger partial charge in [-0.3, -0.25) is 14.4 Å². The van der Waals surface area contributed by atoms with E-state index in [0.717, 1.165) is 12.8 Å². The zero-order valence-electron chi connectivity index (χ0n) is 16.2. The molecular weight excluding hydrogens is 375 g/mol. The average molecular weight is 398 g/mol. The standard InChI is InChI=1S/C22H23FN2O4/c1-15(26)29-20-4-2-3-18(13-20)22(28)25-11-9-16(10-12-25)14-24-21(27)17-5-7-19(23)8-6-17/h2-8,13,16H,9-12,14H2,1H3,(H,24,27). The molecule has 152 valence electrons. The van der Waals surface area contributed by atoms with Gasteiger partial charge in [0.05, 0.1) is 0 Å². The van der Waals surface area contributed by atoms with E-state index in [9.17, 15) is 18.8 Å². The number of nitrogens with zero attached hydrogens (tertiary/aromatic N) is 1. The van der Waals surface area contributed by atoms with Gasteiger partial charge < -0.3 is 15.0 Å². The largest absolute Gasteiger partial charge is 0.427 e. The molecule has 1 saturated heterocycles. The molecule has 7 heteroatoms. The van der Waals surface area contributed by atoms with Crippen molar-refractivity contribution in [2.45, 2.75) is 19.8 Å². The number of carbonyl (C=O) groups excluding carboxylic acids is 3. The Morgan fingerprint density at radius 1 is 1.07 bits per heavy atom. The highest BCUT2D eigenvalue weighted by molar-refractivity contribution is 5.95. The van der Waals surface area contributed by atoms with Gasteiger partial charge in [-0.25, -0.2) is 4.39 Å². The SMILES string of the molecule is CC(=O)Oc1cccc(C(=O)N2CCC(CNC(=O)c3ccc(F)cc3)CC2)c1. The Morgan fingerprint density at radius 3 is 2.41 bits per heavy atom. The van der Waals surface area contributed by atoms with Crippen molar-refractivity contribution in [1.82, 2.24) is 10.2 Å². The zero-order valence-corrected chi connectivity index (χ0v) is 16.2. The first-order valence-electron chi connectivity index (χ1n) is 9.54. The first-order valence-corrected chi connectivity index (χ1v) is 9.54. The van der Waals surface area contributed by atoms with Crippen LogP contribution in [0.4, 0.5) is 4.39 Å². The summed E-state index contributed by atoms with van der Waals surface area (Å²) in [6.07, 6.45) is 1.55. The normalized spacial score (nSPS) is 14.3. The summed E-state index contributed by atoms with van der Waals surface area (Å²) in [5.41, 5.74) is 0.901. The van der Waals surface area contributed by atoms with Gasteiger partial charge in [-0.05, 0) is 61.2 Å². The second-order valence-corrected chi connectivity index (χ2v) is 7.07. The molecule has 29 heavy (non-hydrogen) atoms. The summed E-state index contributed by atoms with van der Waals surface area (Å²) in [6, 6.07) is 12.0. The van der Waals surface area contributed by atoms with Gasteiger partial charge in [0.15, 0.2) is 0 Å². The van der Waals surface area contributed by atoms with Crippen LogP contribution in [-0.2, 0) is 4.79 Å². The molecule has 0 saturated carbocycles. The monoisotopic (exact) mass is 398 g/mol. The van der Waals surface area contributed by atoms with Gasteiger partial charge in [0.25, 0.3) is 11.8 Å². The predicted molar refractivity (Wildman–Crippen MR) is 105 cm³/mol. The van der Waals surface area contributed by atoms with Crippen molar-refractivity contribution in [3.05, 3.63) is 65.5 Å². The van der Waals surface area contributed by atoms with Crippen LogP contribution in [-0.4, -0.2) is 42.3 Å². The number of nitrogens with one attached hydrogen (secondary N) is 1. The summed E-state index contributed by atoms with van der Waals surface area (Å²) in [4.78, 5) is 37.7. The molecule has 1 aliphatic rings. The summed E-state index contributed by atoms with van der Waals surface area (Å²) < 4.78 is 18.0. The van der Waals surface area contributed by atoms with E-state index in [1.54, 1.807) is 29.2 Å². The van der Waals surface area contributed by atoms with E-state index in [2.05, 4.69) is 5.32 Å². The van der Waals surface area contributed by atoms with Crippen molar-refractivity contribution >= 4 is 17.8 Å². The lowest BCUT2D eigenvalue weighted by Gasteiger charge is -2.32. The van der Waals surface area contributed by atoms with Crippen LogP contribution in [0.2, 0.25) is 0 Å². The molecule has 0 aliphatic carbocycles. The minimum Gasteiger partial charge on any atom is -0.427 e. The van der Waals surface area contributed by atoms with Gasteiger partial charge >= 0.3 is 5.97 Å². The minimum absolute atomic E-state index is 0.104. The molecule has 0 spiro atoms. The number of halogens is 1. The summed E-state index contributed by atoms with van der Waals surface area (Å²) in [7, 11) is 0. The molecule has 3 rings (SSSR count). The fourth-order valence-electron chi connectivity index (χ4n) is 3.32. The number of rotatable bonds is 5. The summed E-state index contributed by atoms with van der Waals surface area (Å²) in [5, 5.41) is 2.88. The number of piperidine rings is 1. The van der Waals surface area contributed by atoms with E-state index in [1.807, 2.05) is 0 Å². The zero-order chi connectivity index (χ0) is 20.8. The van der Waals surface area contributed by atoms with Crippen LogP contribution in [0.15, 0.2) is 48.5 Å². The Balaban J connectivity index is 1.48. The molecule has 0 unspecified atom stereocenters. The summed E-state index contributed by atoms with van der Waals surface area (Å²) >= 11 is 0. The molecule has 1 N–H and O–H groups in total. The number of hydrogen-bond donors (Lipinski definition) is 1. The van der Waals surface area contributed by atoms with Crippen LogP contribution in [0.3, 0.4) is 0 Å². The molecule has 1 aliphatic heterocycles. The maximum atomic E-state index is 12.9. The van der Waals surface area contributed by atoms with Crippen molar-refractivity contribution in [3.63, 3.8) is 0 Å². The molecule has 6 nitrogen and oxygen atoms in total. The lowest BCUT2D eigenvalue weighted by Crippen LogP contribution is -2.41. The van der Waals surface area contributed by atoms with E-state index in [4.69, 9.17) is 4.74 Å². The van der Waals surface area contributed by atoms with Gasteiger partial charge in [0, 0.05) is 37.7 Å². The Kier molecular flexibility index (Phi) is 6.59. The molecule has 2 amide bonds. The second-order valence-electron chi connectivity index (χ2n) is 7.07. The maximum Gasteiger partial charge on any atom is 0.308 e. The van der Waals surface area contributed by atoms with Gasteiger partial charge in [-0.1, -0.05) is 6.07 Å². The van der Waals surface area contributed by atoms with Crippen LogP contribution >= 0.6 is 0 Å². The Hall–Kier alpha value is -3.22. The number of benzene rings is 2.